The Kier molecular flexibility index (Phi) is 6.88. The average molecular weight is 447 g/mol. The molecule has 1 unspecified atom stereocenters. The minimum absolute atomic E-state index is 0.0298. The summed E-state index contributed by atoms with van der Waals surface area (Å²) in [5, 5.41) is 23.9. The van der Waals surface area contributed by atoms with Crippen LogP contribution in [0.2, 0.25) is 0 Å². The Balaban J connectivity index is 1.57. The highest BCUT2D eigenvalue weighted by Crippen LogP contribution is 2.46. The molecule has 0 aromatic heterocycles. The molecular weight excluding hydrogens is 412 g/mol. The Labute approximate surface area is 189 Å². The van der Waals surface area contributed by atoms with Gasteiger partial charge in [0.05, 0.1) is 18.8 Å². The van der Waals surface area contributed by atoms with Gasteiger partial charge in [0.15, 0.2) is 6.29 Å². The van der Waals surface area contributed by atoms with Gasteiger partial charge in [-0.25, -0.2) is 5.06 Å². The van der Waals surface area contributed by atoms with Gasteiger partial charge in [-0.3, -0.25) is 9.63 Å². The Morgan fingerprint density at radius 2 is 1.81 bits per heavy atom. The lowest BCUT2D eigenvalue weighted by Gasteiger charge is -2.42. The van der Waals surface area contributed by atoms with Crippen molar-refractivity contribution in [3.8, 4) is 0 Å². The van der Waals surface area contributed by atoms with Crippen LogP contribution in [0.15, 0.2) is 17.9 Å². The van der Waals surface area contributed by atoms with E-state index >= 15 is 0 Å². The number of aliphatic hydroxyl groups excluding tert-OH is 1. The maximum atomic E-state index is 13.6. The van der Waals surface area contributed by atoms with E-state index in [2.05, 4.69) is 0 Å². The van der Waals surface area contributed by atoms with E-state index in [1.165, 1.54) is 10.1 Å². The molecule has 1 amide bonds. The van der Waals surface area contributed by atoms with Gasteiger partial charge in [-0.15, -0.1) is 0 Å². The van der Waals surface area contributed by atoms with Gasteiger partial charge in [0.1, 0.15) is 11.3 Å². The van der Waals surface area contributed by atoms with Crippen LogP contribution in [0.4, 0.5) is 0 Å². The molecule has 176 valence electrons. The van der Waals surface area contributed by atoms with Crippen molar-refractivity contribution >= 4 is 11.5 Å². The number of aryl methyl sites for hydroxylation is 3. The van der Waals surface area contributed by atoms with Crippen LogP contribution in [0.3, 0.4) is 0 Å². The van der Waals surface area contributed by atoms with E-state index in [1.54, 1.807) is 0 Å². The lowest BCUT2D eigenvalue weighted by molar-refractivity contribution is -0.240. The van der Waals surface area contributed by atoms with Gasteiger partial charge in [0.2, 0.25) is 0 Å². The molecule has 1 spiro atoms. The number of nitrogens with zero attached hydrogens (tertiary/aromatic N) is 2. The number of piperidine rings is 1. The molecule has 3 heterocycles. The van der Waals surface area contributed by atoms with Crippen LogP contribution in [0.25, 0.3) is 5.57 Å². The fraction of sp³-hybridized carbons (Fsp3) is 0.625. The van der Waals surface area contributed by atoms with E-state index in [1.807, 2.05) is 32.9 Å². The van der Waals surface area contributed by atoms with Crippen LogP contribution in [0, 0.1) is 20.8 Å². The Bertz CT molecular complexity index is 861. The van der Waals surface area contributed by atoms with Crippen molar-refractivity contribution in [3.63, 3.8) is 0 Å². The molecule has 1 aromatic carbocycles. The zero-order valence-electron chi connectivity index (χ0n) is 19.2. The molecule has 4 rings (SSSR count). The minimum atomic E-state index is -0.989. The first-order valence-electron chi connectivity index (χ1n) is 11.5. The molecule has 1 atom stereocenters. The molecule has 0 radical (unpaired) electrons. The van der Waals surface area contributed by atoms with Gasteiger partial charge in [-0.05, 0) is 69.6 Å². The van der Waals surface area contributed by atoms with Gasteiger partial charge in [-0.2, -0.15) is 5.06 Å². The Morgan fingerprint density at radius 3 is 2.44 bits per heavy atom. The molecular formula is C24H34N2O6. The summed E-state index contributed by atoms with van der Waals surface area (Å²) in [5.74, 6) is -0.319. The van der Waals surface area contributed by atoms with Crippen molar-refractivity contribution in [2.45, 2.75) is 64.7 Å². The van der Waals surface area contributed by atoms with E-state index in [9.17, 15) is 15.1 Å². The minimum Gasteiger partial charge on any atom is -0.509 e. The summed E-state index contributed by atoms with van der Waals surface area (Å²) in [6.45, 7) is 7.75. The summed E-state index contributed by atoms with van der Waals surface area (Å²) in [7, 11) is 0. The number of hydrogen-bond acceptors (Lipinski definition) is 7. The standard InChI is InChI=1S/C24H34N2O6/c1-16-14-17(2)20(18(3)15-16)21-22(27)24(7-9-25(29)10-8-24)26(23(21)28)32-13-12-31-19-6-4-5-11-30-19/h14-15,19,27,29H,4-13H2,1-3H3. The van der Waals surface area contributed by atoms with Crippen molar-refractivity contribution in [1.29, 1.82) is 0 Å². The van der Waals surface area contributed by atoms with Gasteiger partial charge in [0, 0.05) is 19.7 Å². The quantitative estimate of drug-likeness (QED) is 0.647. The lowest BCUT2D eigenvalue weighted by Crippen LogP contribution is -2.54. The van der Waals surface area contributed by atoms with Gasteiger partial charge >= 0.3 is 0 Å². The number of aliphatic hydroxyl groups is 1. The number of benzene rings is 1. The molecule has 32 heavy (non-hydrogen) atoms. The predicted octanol–water partition coefficient (Wildman–Crippen LogP) is 3.42. The van der Waals surface area contributed by atoms with Crippen molar-refractivity contribution < 1.29 is 29.4 Å². The normalized spacial score (nSPS) is 24.1. The fourth-order valence-corrected chi connectivity index (χ4v) is 5.16. The lowest BCUT2D eigenvalue weighted by atomic mass is 9.85. The van der Waals surface area contributed by atoms with E-state index in [0.29, 0.717) is 38.1 Å². The Hall–Kier alpha value is -1.97. The largest absolute Gasteiger partial charge is 0.509 e. The second-order valence-electron chi connectivity index (χ2n) is 9.08. The molecule has 0 bridgehead atoms. The first-order valence-corrected chi connectivity index (χ1v) is 11.5. The first-order chi connectivity index (χ1) is 15.3. The molecule has 2 fully saturated rings. The fourth-order valence-electron chi connectivity index (χ4n) is 5.16. The van der Waals surface area contributed by atoms with Crippen LogP contribution in [-0.4, -0.2) is 71.1 Å². The van der Waals surface area contributed by atoms with Crippen molar-refractivity contribution in [2.24, 2.45) is 0 Å². The smallest absolute Gasteiger partial charge is 0.282 e. The number of hydrogen-bond donors (Lipinski definition) is 2. The van der Waals surface area contributed by atoms with Crippen LogP contribution in [-0.2, 0) is 19.1 Å². The maximum absolute atomic E-state index is 13.6. The molecule has 3 aliphatic rings. The summed E-state index contributed by atoms with van der Waals surface area (Å²) in [6, 6.07) is 4.03. The average Bonchev–Trinajstić information content (AvgIpc) is 2.95. The molecule has 2 saturated heterocycles. The van der Waals surface area contributed by atoms with Crippen molar-refractivity contribution in [3.05, 3.63) is 40.1 Å². The molecule has 2 N–H and O–H groups in total. The molecule has 8 nitrogen and oxygen atoms in total. The molecule has 3 aliphatic heterocycles. The predicted molar refractivity (Wildman–Crippen MR) is 118 cm³/mol. The topological polar surface area (TPSA) is 91.7 Å². The van der Waals surface area contributed by atoms with E-state index in [4.69, 9.17) is 14.3 Å². The van der Waals surface area contributed by atoms with Crippen molar-refractivity contribution in [1.82, 2.24) is 10.1 Å². The molecule has 8 heteroatoms. The SMILES string of the molecule is Cc1cc(C)c(C2=C(O)C3(CCN(O)CC3)N(OCCOC3CCCCO3)C2=O)c(C)c1. The summed E-state index contributed by atoms with van der Waals surface area (Å²) >= 11 is 0. The van der Waals surface area contributed by atoms with Crippen molar-refractivity contribution in [2.75, 3.05) is 32.9 Å². The van der Waals surface area contributed by atoms with Crippen LogP contribution >= 0.6 is 0 Å². The van der Waals surface area contributed by atoms with E-state index < -0.39 is 5.54 Å². The highest BCUT2D eigenvalue weighted by molar-refractivity contribution is 6.23. The highest BCUT2D eigenvalue weighted by atomic mass is 16.7. The van der Waals surface area contributed by atoms with Crippen LogP contribution < -0.4 is 0 Å². The van der Waals surface area contributed by atoms with Crippen LogP contribution in [0.5, 0.6) is 0 Å². The summed E-state index contributed by atoms with van der Waals surface area (Å²) < 4.78 is 11.3. The second-order valence-corrected chi connectivity index (χ2v) is 9.08. The zero-order chi connectivity index (χ0) is 22.9. The van der Waals surface area contributed by atoms with Crippen LogP contribution in [0.1, 0.15) is 54.4 Å². The van der Waals surface area contributed by atoms with Gasteiger partial charge in [0.25, 0.3) is 5.91 Å². The number of amides is 1. The monoisotopic (exact) mass is 446 g/mol. The number of hydroxylamine groups is 4. The van der Waals surface area contributed by atoms with E-state index in [0.717, 1.165) is 41.5 Å². The zero-order valence-corrected chi connectivity index (χ0v) is 19.2. The third-order valence-electron chi connectivity index (χ3n) is 6.70. The first kappa shape index (κ1) is 23.2. The third-order valence-corrected chi connectivity index (χ3v) is 6.70. The summed E-state index contributed by atoms with van der Waals surface area (Å²) in [6.07, 6.45) is 3.51. The Morgan fingerprint density at radius 1 is 1.12 bits per heavy atom. The number of carbonyl (C=O) groups excluding carboxylic acids is 1. The molecule has 1 aromatic rings. The molecule has 0 saturated carbocycles. The number of ether oxygens (including phenoxy) is 2. The van der Waals surface area contributed by atoms with Gasteiger partial charge < -0.3 is 19.8 Å². The second kappa shape index (κ2) is 9.49. The third kappa shape index (κ3) is 4.30. The summed E-state index contributed by atoms with van der Waals surface area (Å²) in [5.41, 5.74) is 3.03. The maximum Gasteiger partial charge on any atom is 0.282 e. The number of carbonyl (C=O) groups is 1. The highest BCUT2D eigenvalue weighted by Gasteiger charge is 2.55. The summed E-state index contributed by atoms with van der Waals surface area (Å²) in [4.78, 5) is 19.6. The van der Waals surface area contributed by atoms with Gasteiger partial charge in [-0.1, -0.05) is 17.7 Å². The molecule has 0 aliphatic carbocycles. The number of rotatable bonds is 6. The van der Waals surface area contributed by atoms with E-state index in [-0.39, 0.29) is 31.2 Å².